The first-order valence-corrected chi connectivity index (χ1v) is 10.6. The third-order valence-electron chi connectivity index (χ3n) is 4.11. The molecule has 1 atom stereocenters. The van der Waals surface area contributed by atoms with E-state index in [1.165, 1.54) is 42.3 Å². The van der Waals surface area contributed by atoms with Crippen LogP contribution in [0.2, 0.25) is 0 Å². The van der Waals surface area contributed by atoms with E-state index in [0.717, 1.165) is 21.2 Å². The summed E-state index contributed by atoms with van der Waals surface area (Å²) >= 11 is 2.82. The average molecular weight is 431 g/mol. The largest absolute Gasteiger partial charge is 0.465 e. The molecule has 0 radical (unpaired) electrons. The first-order chi connectivity index (χ1) is 14.0. The molecule has 0 bridgehead atoms. The summed E-state index contributed by atoms with van der Waals surface area (Å²) in [5, 5.41) is 4.45. The Morgan fingerprint density at radius 1 is 1.17 bits per heavy atom. The van der Waals surface area contributed by atoms with Gasteiger partial charge in [-0.25, -0.2) is 14.2 Å². The number of aromatic nitrogens is 1. The third kappa shape index (κ3) is 5.65. The Hall–Kier alpha value is -2.71. The molecule has 1 N–H and O–H groups in total. The van der Waals surface area contributed by atoms with Gasteiger partial charge in [0.15, 0.2) is 4.34 Å². The molecule has 0 saturated heterocycles. The van der Waals surface area contributed by atoms with Crippen molar-refractivity contribution in [2.24, 2.45) is 0 Å². The van der Waals surface area contributed by atoms with Gasteiger partial charge in [-0.05, 0) is 48.9 Å². The number of nitrogens with zero attached hydrogens (tertiary/aromatic N) is 1. The molecule has 150 valence electrons. The maximum atomic E-state index is 13.0. The lowest BCUT2D eigenvalue weighted by Gasteiger charge is -2.11. The number of carbonyl (C=O) groups excluding carboxylic acids is 2. The highest BCUT2D eigenvalue weighted by molar-refractivity contribution is 8.02. The van der Waals surface area contributed by atoms with Crippen LogP contribution in [-0.2, 0) is 16.1 Å². The van der Waals surface area contributed by atoms with Crippen LogP contribution >= 0.6 is 23.1 Å². The Morgan fingerprint density at radius 2 is 1.86 bits per heavy atom. The maximum Gasteiger partial charge on any atom is 0.337 e. The number of methoxy groups -OCH3 is 1. The number of halogens is 1. The molecule has 1 heterocycles. The summed E-state index contributed by atoms with van der Waals surface area (Å²) in [5.41, 5.74) is 2.95. The fraction of sp³-hybridized carbons (Fsp3) is 0.190. The van der Waals surface area contributed by atoms with E-state index in [1.807, 2.05) is 12.3 Å². The minimum absolute atomic E-state index is 0.106. The standard InChI is InChI=1S/C21H19FN2O3S2/c1-13(19(25)23-11-14-3-5-16(6-4-14)20(26)27-2)29-21-24-18(12-28-21)15-7-9-17(22)10-8-15/h3-10,12-13H,11H2,1-2H3,(H,23,25). The van der Waals surface area contributed by atoms with Crippen LogP contribution in [0.1, 0.15) is 22.8 Å². The average Bonchev–Trinajstić information content (AvgIpc) is 3.20. The quantitative estimate of drug-likeness (QED) is 0.441. The van der Waals surface area contributed by atoms with Crippen molar-refractivity contribution in [3.63, 3.8) is 0 Å². The van der Waals surface area contributed by atoms with Crippen molar-refractivity contribution in [1.82, 2.24) is 10.3 Å². The fourth-order valence-corrected chi connectivity index (χ4v) is 4.47. The highest BCUT2D eigenvalue weighted by Crippen LogP contribution is 2.31. The van der Waals surface area contributed by atoms with Crippen LogP contribution in [0, 0.1) is 5.82 Å². The molecule has 0 aliphatic carbocycles. The molecule has 3 aromatic rings. The summed E-state index contributed by atoms with van der Waals surface area (Å²) in [6, 6.07) is 13.0. The van der Waals surface area contributed by atoms with Crippen molar-refractivity contribution in [1.29, 1.82) is 0 Å². The Kier molecular flexibility index (Phi) is 7.00. The van der Waals surface area contributed by atoms with Crippen molar-refractivity contribution < 1.29 is 18.7 Å². The van der Waals surface area contributed by atoms with Gasteiger partial charge in [-0.3, -0.25) is 4.79 Å². The number of rotatable bonds is 7. The van der Waals surface area contributed by atoms with E-state index in [4.69, 9.17) is 0 Å². The van der Waals surface area contributed by atoms with Gasteiger partial charge < -0.3 is 10.1 Å². The molecular weight excluding hydrogens is 411 g/mol. The molecule has 0 aliphatic heterocycles. The molecular formula is C21H19FN2O3S2. The number of hydrogen-bond donors (Lipinski definition) is 1. The maximum absolute atomic E-state index is 13.0. The Balaban J connectivity index is 1.53. The number of ether oxygens (including phenoxy) is 1. The van der Waals surface area contributed by atoms with Crippen LogP contribution in [0.3, 0.4) is 0 Å². The molecule has 1 aromatic heterocycles. The molecule has 0 spiro atoms. The summed E-state index contributed by atoms with van der Waals surface area (Å²) < 4.78 is 18.5. The van der Waals surface area contributed by atoms with Crippen molar-refractivity contribution >= 4 is 35.0 Å². The number of thiazole rings is 1. The van der Waals surface area contributed by atoms with E-state index in [9.17, 15) is 14.0 Å². The van der Waals surface area contributed by atoms with Crippen LogP contribution in [0.25, 0.3) is 11.3 Å². The van der Waals surface area contributed by atoms with Gasteiger partial charge in [0.2, 0.25) is 5.91 Å². The smallest absolute Gasteiger partial charge is 0.337 e. The van der Waals surface area contributed by atoms with E-state index >= 15 is 0 Å². The van der Waals surface area contributed by atoms with Gasteiger partial charge in [0.1, 0.15) is 5.82 Å². The lowest BCUT2D eigenvalue weighted by atomic mass is 10.1. The summed E-state index contributed by atoms with van der Waals surface area (Å²) in [6.45, 7) is 2.18. The zero-order valence-corrected chi connectivity index (χ0v) is 17.5. The second-order valence-corrected chi connectivity index (χ2v) is 8.62. The predicted octanol–water partition coefficient (Wildman–Crippen LogP) is 4.53. The topological polar surface area (TPSA) is 68.3 Å². The number of hydrogen-bond acceptors (Lipinski definition) is 6. The minimum atomic E-state index is -0.394. The molecule has 5 nitrogen and oxygen atoms in total. The number of esters is 1. The van der Waals surface area contributed by atoms with Gasteiger partial charge in [0.05, 0.1) is 23.6 Å². The first kappa shape index (κ1) is 21.0. The molecule has 1 unspecified atom stereocenters. The fourth-order valence-electron chi connectivity index (χ4n) is 2.48. The van der Waals surface area contributed by atoms with Crippen LogP contribution in [-0.4, -0.2) is 29.2 Å². The SMILES string of the molecule is COC(=O)c1ccc(CNC(=O)C(C)Sc2nc(-c3ccc(F)cc3)cs2)cc1. The monoisotopic (exact) mass is 430 g/mol. The molecule has 3 rings (SSSR count). The summed E-state index contributed by atoms with van der Waals surface area (Å²) in [6.07, 6.45) is 0. The lowest BCUT2D eigenvalue weighted by molar-refractivity contribution is -0.120. The van der Waals surface area contributed by atoms with Gasteiger partial charge in [-0.1, -0.05) is 23.9 Å². The van der Waals surface area contributed by atoms with Crippen LogP contribution in [0.15, 0.2) is 58.3 Å². The van der Waals surface area contributed by atoms with Gasteiger partial charge in [0.25, 0.3) is 0 Å². The zero-order chi connectivity index (χ0) is 20.8. The number of nitrogens with one attached hydrogen (secondary N) is 1. The molecule has 0 fully saturated rings. The second-order valence-electron chi connectivity index (χ2n) is 6.17. The Bertz CT molecular complexity index is 988. The van der Waals surface area contributed by atoms with Crippen molar-refractivity contribution in [3.8, 4) is 11.3 Å². The van der Waals surface area contributed by atoms with Crippen molar-refractivity contribution in [2.75, 3.05) is 7.11 Å². The predicted molar refractivity (Wildman–Crippen MR) is 112 cm³/mol. The van der Waals surface area contributed by atoms with Gasteiger partial charge in [0, 0.05) is 17.5 Å². The third-order valence-corrected chi connectivity index (χ3v) is 6.18. The van der Waals surface area contributed by atoms with E-state index in [2.05, 4.69) is 15.0 Å². The minimum Gasteiger partial charge on any atom is -0.465 e. The summed E-state index contributed by atoms with van der Waals surface area (Å²) in [4.78, 5) is 28.4. The van der Waals surface area contributed by atoms with Crippen LogP contribution in [0.5, 0.6) is 0 Å². The van der Waals surface area contributed by atoms with E-state index in [1.54, 1.807) is 36.4 Å². The number of benzene rings is 2. The Morgan fingerprint density at radius 3 is 2.52 bits per heavy atom. The number of carbonyl (C=O) groups is 2. The molecule has 0 aliphatic rings. The molecule has 8 heteroatoms. The summed E-state index contributed by atoms with van der Waals surface area (Å²) in [5.74, 6) is -0.788. The second kappa shape index (κ2) is 9.67. The Labute approximate surface area is 176 Å². The normalized spacial score (nSPS) is 11.7. The number of amides is 1. The van der Waals surface area contributed by atoms with Crippen LogP contribution in [0.4, 0.5) is 4.39 Å². The molecule has 29 heavy (non-hydrogen) atoms. The van der Waals surface area contributed by atoms with Crippen LogP contribution < -0.4 is 5.32 Å². The molecule has 0 saturated carbocycles. The molecule has 2 aromatic carbocycles. The van der Waals surface area contributed by atoms with E-state index in [-0.39, 0.29) is 17.0 Å². The van der Waals surface area contributed by atoms with E-state index < -0.39 is 5.97 Å². The van der Waals surface area contributed by atoms with E-state index in [0.29, 0.717) is 12.1 Å². The molecule has 1 amide bonds. The highest BCUT2D eigenvalue weighted by atomic mass is 32.2. The van der Waals surface area contributed by atoms with Crippen molar-refractivity contribution in [3.05, 3.63) is 70.9 Å². The van der Waals surface area contributed by atoms with Gasteiger partial charge >= 0.3 is 5.97 Å². The zero-order valence-electron chi connectivity index (χ0n) is 15.8. The first-order valence-electron chi connectivity index (χ1n) is 8.79. The number of thioether (sulfide) groups is 1. The lowest BCUT2D eigenvalue weighted by Crippen LogP contribution is -2.30. The summed E-state index contributed by atoms with van der Waals surface area (Å²) in [7, 11) is 1.33. The van der Waals surface area contributed by atoms with Gasteiger partial charge in [-0.2, -0.15) is 0 Å². The van der Waals surface area contributed by atoms with Crippen molar-refractivity contribution in [2.45, 2.75) is 23.1 Å². The van der Waals surface area contributed by atoms with Gasteiger partial charge in [-0.15, -0.1) is 11.3 Å². The highest BCUT2D eigenvalue weighted by Gasteiger charge is 2.17.